The second-order valence-corrected chi connectivity index (χ2v) is 7.22. The maximum absolute atomic E-state index is 6.31. The monoisotopic (exact) mass is 285 g/mol. The van der Waals surface area contributed by atoms with Crippen molar-refractivity contribution in [3.8, 4) is 11.3 Å². The Kier molecular flexibility index (Phi) is 4.13. The molecule has 0 aliphatic carbocycles. The summed E-state index contributed by atoms with van der Waals surface area (Å²) in [5.41, 5.74) is 9.78. The van der Waals surface area contributed by atoms with E-state index in [2.05, 4.69) is 68.4 Å². The predicted octanol–water partition coefficient (Wildman–Crippen LogP) is 4.39. The van der Waals surface area contributed by atoms with Gasteiger partial charge >= 0.3 is 0 Å². The molecule has 21 heavy (non-hydrogen) atoms. The lowest BCUT2D eigenvalue weighted by atomic mass is 9.86. The summed E-state index contributed by atoms with van der Waals surface area (Å²) in [6.45, 7) is 14.0. The topological polar surface area (TPSA) is 43.8 Å². The van der Waals surface area contributed by atoms with Crippen LogP contribution in [0.4, 0.5) is 5.82 Å². The van der Waals surface area contributed by atoms with Crippen LogP contribution in [0.15, 0.2) is 24.3 Å². The first-order chi connectivity index (χ1) is 9.70. The first-order valence-corrected chi connectivity index (χ1v) is 7.63. The number of imidazole rings is 1. The molecule has 0 saturated carbocycles. The van der Waals surface area contributed by atoms with E-state index < -0.39 is 0 Å². The summed E-state index contributed by atoms with van der Waals surface area (Å²) < 4.78 is 2.11. The Bertz CT molecular complexity index is 613. The molecule has 2 N–H and O–H groups in total. The molecule has 0 aliphatic heterocycles. The van der Waals surface area contributed by atoms with E-state index in [1.165, 1.54) is 5.56 Å². The maximum atomic E-state index is 6.31. The van der Waals surface area contributed by atoms with Crippen molar-refractivity contribution in [2.45, 2.75) is 53.5 Å². The maximum Gasteiger partial charge on any atom is 0.131 e. The van der Waals surface area contributed by atoms with E-state index in [1.54, 1.807) is 0 Å². The Balaban J connectivity index is 2.39. The van der Waals surface area contributed by atoms with E-state index in [0.717, 1.165) is 29.4 Å². The van der Waals surface area contributed by atoms with Crippen LogP contribution in [0.25, 0.3) is 11.3 Å². The molecule has 3 nitrogen and oxygen atoms in total. The molecule has 1 aromatic heterocycles. The average Bonchev–Trinajstić information content (AvgIpc) is 2.65. The van der Waals surface area contributed by atoms with Gasteiger partial charge in [0.05, 0.1) is 0 Å². The molecule has 0 aliphatic rings. The van der Waals surface area contributed by atoms with Gasteiger partial charge in [0.25, 0.3) is 0 Å². The number of nitrogens with zero attached hydrogens (tertiary/aromatic N) is 2. The lowest BCUT2D eigenvalue weighted by Crippen LogP contribution is -2.10. The minimum Gasteiger partial charge on any atom is -0.383 e. The van der Waals surface area contributed by atoms with E-state index in [1.807, 2.05) is 6.92 Å². The fraction of sp³-hybridized carbons (Fsp3) is 0.500. The van der Waals surface area contributed by atoms with Gasteiger partial charge in [-0.2, -0.15) is 0 Å². The molecule has 0 atom stereocenters. The fourth-order valence-electron chi connectivity index (χ4n) is 2.52. The Hall–Kier alpha value is -1.77. The van der Waals surface area contributed by atoms with Crippen molar-refractivity contribution >= 4 is 5.82 Å². The molecule has 0 spiro atoms. The van der Waals surface area contributed by atoms with Crippen LogP contribution in [0.1, 0.15) is 46.0 Å². The number of nitrogens with two attached hydrogens (primary N) is 1. The van der Waals surface area contributed by atoms with Crippen molar-refractivity contribution in [2.24, 2.45) is 5.92 Å². The van der Waals surface area contributed by atoms with Gasteiger partial charge in [-0.25, -0.2) is 4.98 Å². The van der Waals surface area contributed by atoms with Gasteiger partial charge in [0.2, 0.25) is 0 Å². The highest BCUT2D eigenvalue weighted by atomic mass is 15.1. The summed E-state index contributed by atoms with van der Waals surface area (Å²) in [7, 11) is 0. The molecule has 0 unspecified atom stereocenters. The summed E-state index contributed by atoms with van der Waals surface area (Å²) >= 11 is 0. The zero-order valence-corrected chi connectivity index (χ0v) is 14.1. The second-order valence-electron chi connectivity index (χ2n) is 7.22. The predicted molar refractivity (Wildman–Crippen MR) is 90.4 cm³/mol. The number of aryl methyl sites for hydroxylation is 1. The van der Waals surface area contributed by atoms with Crippen LogP contribution in [0, 0.1) is 12.8 Å². The Morgan fingerprint density at radius 3 is 2.19 bits per heavy atom. The minimum atomic E-state index is 0.164. The SMILES string of the molecule is Cc1nc(-c2ccc(C(C)(C)C)cc2)c(N)n1CC(C)C. The number of nitrogen functional groups attached to an aromatic ring is 1. The largest absolute Gasteiger partial charge is 0.383 e. The molecule has 1 aromatic carbocycles. The van der Waals surface area contributed by atoms with Crippen LogP contribution in [-0.4, -0.2) is 9.55 Å². The van der Waals surface area contributed by atoms with Gasteiger partial charge in [0.15, 0.2) is 0 Å². The number of anilines is 1. The van der Waals surface area contributed by atoms with E-state index >= 15 is 0 Å². The van der Waals surface area contributed by atoms with Crippen LogP contribution in [0.3, 0.4) is 0 Å². The van der Waals surface area contributed by atoms with Gasteiger partial charge in [-0.1, -0.05) is 58.9 Å². The molecule has 114 valence electrons. The summed E-state index contributed by atoms with van der Waals surface area (Å²) in [5.74, 6) is 2.30. The molecule has 0 radical (unpaired) electrons. The molecule has 1 heterocycles. The molecule has 0 fully saturated rings. The van der Waals surface area contributed by atoms with Crippen LogP contribution in [0.2, 0.25) is 0 Å². The van der Waals surface area contributed by atoms with E-state index in [9.17, 15) is 0 Å². The van der Waals surface area contributed by atoms with Crippen molar-refractivity contribution in [1.29, 1.82) is 0 Å². The minimum absolute atomic E-state index is 0.164. The van der Waals surface area contributed by atoms with Crippen molar-refractivity contribution in [3.63, 3.8) is 0 Å². The number of hydrogen-bond acceptors (Lipinski definition) is 2. The first-order valence-electron chi connectivity index (χ1n) is 7.63. The number of benzene rings is 1. The summed E-state index contributed by atoms with van der Waals surface area (Å²) in [6.07, 6.45) is 0. The van der Waals surface area contributed by atoms with Gasteiger partial charge in [-0.05, 0) is 23.8 Å². The summed E-state index contributed by atoms with van der Waals surface area (Å²) in [5, 5.41) is 0. The third kappa shape index (κ3) is 3.29. The van der Waals surface area contributed by atoms with E-state index in [-0.39, 0.29) is 5.41 Å². The highest BCUT2D eigenvalue weighted by molar-refractivity contribution is 5.71. The zero-order chi connectivity index (χ0) is 15.8. The third-order valence-corrected chi connectivity index (χ3v) is 3.77. The van der Waals surface area contributed by atoms with Crippen molar-refractivity contribution in [1.82, 2.24) is 9.55 Å². The highest BCUT2D eigenvalue weighted by Gasteiger charge is 2.16. The van der Waals surface area contributed by atoms with Gasteiger partial charge in [0, 0.05) is 12.1 Å². The second kappa shape index (κ2) is 5.55. The number of hydrogen-bond donors (Lipinski definition) is 1. The smallest absolute Gasteiger partial charge is 0.131 e. The van der Waals surface area contributed by atoms with Gasteiger partial charge in [-0.3, -0.25) is 0 Å². The first kappa shape index (κ1) is 15.6. The molecule has 0 amide bonds. The molecule has 2 rings (SSSR count). The van der Waals surface area contributed by atoms with Crippen LogP contribution < -0.4 is 5.73 Å². The van der Waals surface area contributed by atoms with Crippen molar-refractivity contribution < 1.29 is 0 Å². The van der Waals surface area contributed by atoms with Gasteiger partial charge < -0.3 is 10.3 Å². The van der Waals surface area contributed by atoms with Crippen molar-refractivity contribution in [3.05, 3.63) is 35.7 Å². The lowest BCUT2D eigenvalue weighted by Gasteiger charge is -2.19. The standard InChI is InChI=1S/C18H27N3/c1-12(2)11-21-13(3)20-16(17(21)19)14-7-9-15(10-8-14)18(4,5)6/h7-10,12H,11,19H2,1-6H3. The third-order valence-electron chi connectivity index (χ3n) is 3.77. The molecule has 3 heteroatoms. The number of aromatic nitrogens is 2. The molecular formula is C18H27N3. The molecule has 0 bridgehead atoms. The highest BCUT2D eigenvalue weighted by Crippen LogP contribution is 2.29. The van der Waals surface area contributed by atoms with Crippen LogP contribution in [-0.2, 0) is 12.0 Å². The number of rotatable bonds is 3. The van der Waals surface area contributed by atoms with E-state index in [0.29, 0.717) is 5.92 Å². The van der Waals surface area contributed by atoms with Gasteiger partial charge in [0.1, 0.15) is 17.3 Å². The molecular weight excluding hydrogens is 258 g/mol. The summed E-state index contributed by atoms with van der Waals surface area (Å²) in [6, 6.07) is 8.59. The van der Waals surface area contributed by atoms with Crippen LogP contribution in [0.5, 0.6) is 0 Å². The van der Waals surface area contributed by atoms with Gasteiger partial charge in [-0.15, -0.1) is 0 Å². The zero-order valence-electron chi connectivity index (χ0n) is 14.1. The Morgan fingerprint density at radius 2 is 1.71 bits per heavy atom. The lowest BCUT2D eigenvalue weighted by molar-refractivity contribution is 0.518. The quantitative estimate of drug-likeness (QED) is 0.908. The van der Waals surface area contributed by atoms with Crippen molar-refractivity contribution in [2.75, 3.05) is 5.73 Å². The van der Waals surface area contributed by atoms with Crippen LogP contribution >= 0.6 is 0 Å². The molecule has 0 saturated heterocycles. The molecule has 2 aromatic rings. The Labute approximate surface area is 128 Å². The Morgan fingerprint density at radius 1 is 1.14 bits per heavy atom. The van der Waals surface area contributed by atoms with E-state index in [4.69, 9.17) is 5.73 Å². The summed E-state index contributed by atoms with van der Waals surface area (Å²) in [4.78, 5) is 4.66. The normalized spacial score (nSPS) is 12.1. The average molecular weight is 285 g/mol. The fourth-order valence-corrected chi connectivity index (χ4v) is 2.52.